The lowest BCUT2D eigenvalue weighted by molar-refractivity contribution is 0.0270. The molecule has 0 radical (unpaired) electrons. The maximum absolute atomic E-state index is 13.3. The number of hydrogen-bond acceptors (Lipinski definition) is 4. The van der Waals surface area contributed by atoms with E-state index >= 15 is 0 Å². The lowest BCUT2D eigenvalue weighted by Gasteiger charge is -2.35. The Morgan fingerprint density at radius 3 is 2.81 bits per heavy atom. The summed E-state index contributed by atoms with van der Waals surface area (Å²) >= 11 is 0. The Kier molecular flexibility index (Phi) is 5.46. The van der Waals surface area contributed by atoms with E-state index in [1.54, 1.807) is 6.20 Å². The molecular formula is C21H27N3O2. The highest BCUT2D eigenvalue weighted by molar-refractivity contribution is 5.98. The predicted octanol–water partition coefficient (Wildman–Crippen LogP) is 2.95. The number of benzene rings is 1. The summed E-state index contributed by atoms with van der Waals surface area (Å²) in [5, 5.41) is 1.02. The van der Waals surface area contributed by atoms with Gasteiger partial charge >= 0.3 is 0 Å². The molecule has 0 unspecified atom stereocenters. The first-order valence-corrected chi connectivity index (χ1v) is 9.77. The van der Waals surface area contributed by atoms with Crippen LogP contribution in [0.3, 0.4) is 0 Å². The molecule has 2 aliphatic rings. The molecule has 1 aromatic carbocycles. The topological polar surface area (TPSA) is 45.7 Å². The number of nitrogens with zero attached hydrogens (tertiary/aromatic N) is 3. The minimum atomic E-state index is 0.141. The number of likely N-dealkylation sites (tertiary alicyclic amines) is 1. The monoisotopic (exact) mass is 353 g/mol. The Balaban J connectivity index is 1.54. The van der Waals surface area contributed by atoms with Crippen LogP contribution in [0.2, 0.25) is 0 Å². The van der Waals surface area contributed by atoms with Crippen LogP contribution in [0.4, 0.5) is 0 Å². The molecule has 1 amide bonds. The number of aromatic nitrogens is 1. The third kappa shape index (κ3) is 3.89. The Hall–Kier alpha value is -1.98. The second-order valence-electron chi connectivity index (χ2n) is 7.30. The van der Waals surface area contributed by atoms with Crippen molar-refractivity contribution in [3.05, 3.63) is 42.1 Å². The van der Waals surface area contributed by atoms with Crippen molar-refractivity contribution < 1.29 is 9.53 Å². The van der Waals surface area contributed by atoms with Gasteiger partial charge in [-0.2, -0.15) is 0 Å². The van der Waals surface area contributed by atoms with Crippen LogP contribution in [0.5, 0.6) is 0 Å². The third-order valence-electron chi connectivity index (χ3n) is 5.60. The fourth-order valence-corrected chi connectivity index (χ4v) is 4.08. The molecule has 0 atom stereocenters. The molecule has 0 bridgehead atoms. The van der Waals surface area contributed by atoms with Gasteiger partial charge in [-0.1, -0.05) is 6.07 Å². The highest BCUT2D eigenvalue weighted by atomic mass is 16.5. The van der Waals surface area contributed by atoms with Crippen LogP contribution in [-0.4, -0.2) is 66.1 Å². The molecular weight excluding hydrogens is 326 g/mol. The van der Waals surface area contributed by atoms with Crippen molar-refractivity contribution in [3.63, 3.8) is 0 Å². The Morgan fingerprint density at radius 2 is 2.00 bits per heavy atom. The predicted molar refractivity (Wildman–Crippen MR) is 102 cm³/mol. The highest BCUT2D eigenvalue weighted by Crippen LogP contribution is 2.20. The molecule has 0 N–H and O–H groups in total. The Labute approximate surface area is 154 Å². The molecule has 2 aromatic rings. The van der Waals surface area contributed by atoms with Gasteiger partial charge in [0.25, 0.3) is 5.91 Å². The molecule has 0 aliphatic carbocycles. The van der Waals surface area contributed by atoms with Crippen molar-refractivity contribution >= 4 is 16.8 Å². The molecule has 0 saturated carbocycles. The summed E-state index contributed by atoms with van der Waals surface area (Å²) in [6.07, 6.45) is 6.21. The lowest BCUT2D eigenvalue weighted by atomic mass is 10.0. The first kappa shape index (κ1) is 17.4. The van der Waals surface area contributed by atoms with Crippen LogP contribution in [-0.2, 0) is 4.74 Å². The molecule has 5 nitrogen and oxygen atoms in total. The van der Waals surface area contributed by atoms with Gasteiger partial charge in [-0.15, -0.1) is 0 Å². The van der Waals surface area contributed by atoms with Gasteiger partial charge < -0.3 is 14.5 Å². The maximum atomic E-state index is 13.3. The molecule has 26 heavy (non-hydrogen) atoms. The summed E-state index contributed by atoms with van der Waals surface area (Å²) in [5.74, 6) is 0.141. The van der Waals surface area contributed by atoms with Crippen molar-refractivity contribution in [3.8, 4) is 0 Å². The summed E-state index contributed by atoms with van der Waals surface area (Å²) in [4.78, 5) is 22.3. The van der Waals surface area contributed by atoms with Gasteiger partial charge in [0.1, 0.15) is 0 Å². The largest absolute Gasteiger partial charge is 0.381 e. The number of carbonyl (C=O) groups excluding carboxylic acids is 1. The number of fused-ring (bicyclic) bond motifs is 1. The summed E-state index contributed by atoms with van der Waals surface area (Å²) in [7, 11) is 0. The van der Waals surface area contributed by atoms with Crippen molar-refractivity contribution in [2.45, 2.75) is 31.7 Å². The zero-order valence-corrected chi connectivity index (χ0v) is 15.3. The number of amides is 1. The normalized spacial score (nSPS) is 19.1. The SMILES string of the molecule is O=C(c1ccc2ncccc2c1)N(CCN1CCCC1)C1CCOCC1. The van der Waals surface area contributed by atoms with E-state index < -0.39 is 0 Å². The maximum Gasteiger partial charge on any atom is 0.254 e. The van der Waals surface area contributed by atoms with Gasteiger partial charge in [0, 0.05) is 49.5 Å². The smallest absolute Gasteiger partial charge is 0.254 e. The van der Waals surface area contributed by atoms with Gasteiger partial charge in [0.15, 0.2) is 0 Å². The van der Waals surface area contributed by atoms with Crippen LogP contribution in [0.1, 0.15) is 36.0 Å². The van der Waals surface area contributed by atoms with E-state index in [2.05, 4.69) is 14.8 Å². The molecule has 5 heteroatoms. The minimum Gasteiger partial charge on any atom is -0.381 e. The van der Waals surface area contributed by atoms with Crippen LogP contribution >= 0.6 is 0 Å². The van der Waals surface area contributed by atoms with E-state index in [1.807, 2.05) is 30.3 Å². The average Bonchev–Trinajstić information content (AvgIpc) is 3.22. The molecule has 4 rings (SSSR count). The lowest BCUT2D eigenvalue weighted by Crippen LogP contribution is -2.46. The first-order valence-electron chi connectivity index (χ1n) is 9.77. The van der Waals surface area contributed by atoms with Gasteiger partial charge in [0.05, 0.1) is 5.52 Å². The van der Waals surface area contributed by atoms with Crippen LogP contribution in [0, 0.1) is 0 Å². The van der Waals surface area contributed by atoms with E-state index in [4.69, 9.17) is 4.74 Å². The van der Waals surface area contributed by atoms with Gasteiger partial charge in [-0.25, -0.2) is 0 Å². The van der Waals surface area contributed by atoms with Crippen molar-refractivity contribution in [1.29, 1.82) is 0 Å². The molecule has 2 aliphatic heterocycles. The summed E-state index contributed by atoms with van der Waals surface area (Å²) < 4.78 is 5.51. The second kappa shape index (κ2) is 8.14. The summed E-state index contributed by atoms with van der Waals surface area (Å²) in [6.45, 7) is 5.60. The number of carbonyl (C=O) groups is 1. The molecule has 3 heterocycles. The summed E-state index contributed by atoms with van der Waals surface area (Å²) in [6, 6.07) is 10.1. The van der Waals surface area contributed by atoms with Gasteiger partial charge in [-0.05, 0) is 63.0 Å². The Bertz CT molecular complexity index is 752. The van der Waals surface area contributed by atoms with Gasteiger partial charge in [0.2, 0.25) is 0 Å². The van der Waals surface area contributed by atoms with E-state index in [0.717, 1.165) is 68.7 Å². The molecule has 2 fully saturated rings. The third-order valence-corrected chi connectivity index (χ3v) is 5.60. The summed E-state index contributed by atoms with van der Waals surface area (Å²) in [5.41, 5.74) is 1.69. The second-order valence-corrected chi connectivity index (χ2v) is 7.30. The van der Waals surface area contributed by atoms with Crippen molar-refractivity contribution in [1.82, 2.24) is 14.8 Å². The standard InChI is InChI=1S/C21H27N3O2/c25-21(18-5-6-20-17(16-18)4-3-9-22-20)24(19-7-14-26-15-8-19)13-12-23-10-1-2-11-23/h3-6,9,16,19H,1-2,7-8,10-15H2. The number of ether oxygens (including phenoxy) is 1. The number of hydrogen-bond donors (Lipinski definition) is 0. The molecule has 1 aromatic heterocycles. The Morgan fingerprint density at radius 1 is 1.19 bits per heavy atom. The van der Waals surface area contributed by atoms with E-state index in [0.29, 0.717) is 0 Å². The molecule has 138 valence electrons. The molecule has 2 saturated heterocycles. The van der Waals surface area contributed by atoms with Crippen molar-refractivity contribution in [2.75, 3.05) is 39.4 Å². The van der Waals surface area contributed by atoms with Crippen LogP contribution in [0.25, 0.3) is 10.9 Å². The minimum absolute atomic E-state index is 0.141. The first-order chi connectivity index (χ1) is 12.8. The number of pyridine rings is 1. The van der Waals surface area contributed by atoms with E-state index in [9.17, 15) is 4.79 Å². The molecule has 0 spiro atoms. The average molecular weight is 353 g/mol. The van der Waals surface area contributed by atoms with Crippen molar-refractivity contribution in [2.24, 2.45) is 0 Å². The highest BCUT2D eigenvalue weighted by Gasteiger charge is 2.27. The van der Waals surface area contributed by atoms with Gasteiger partial charge in [-0.3, -0.25) is 9.78 Å². The zero-order chi connectivity index (χ0) is 17.8. The van der Waals surface area contributed by atoms with E-state index in [1.165, 1.54) is 12.8 Å². The fourth-order valence-electron chi connectivity index (χ4n) is 4.08. The zero-order valence-electron chi connectivity index (χ0n) is 15.3. The van der Waals surface area contributed by atoms with Crippen LogP contribution in [0.15, 0.2) is 36.5 Å². The van der Waals surface area contributed by atoms with Crippen LogP contribution < -0.4 is 0 Å². The fraction of sp³-hybridized carbons (Fsp3) is 0.524. The quantitative estimate of drug-likeness (QED) is 0.829. The van der Waals surface area contributed by atoms with E-state index in [-0.39, 0.29) is 11.9 Å². The number of rotatable bonds is 5.